The summed E-state index contributed by atoms with van der Waals surface area (Å²) in [6.45, 7) is 2.49. The molecule has 1 aromatic heterocycles. The summed E-state index contributed by atoms with van der Waals surface area (Å²) in [4.78, 5) is 4.26. The molecule has 1 aromatic carbocycles. The predicted octanol–water partition coefficient (Wildman–Crippen LogP) is 3.65. The van der Waals surface area contributed by atoms with Gasteiger partial charge in [0, 0.05) is 37.7 Å². The zero-order chi connectivity index (χ0) is 14.7. The van der Waals surface area contributed by atoms with Crippen molar-refractivity contribution >= 4 is 0 Å². The maximum atomic E-state index is 13.4. The molecular weight excluding hydrogens is 274 g/mol. The van der Waals surface area contributed by atoms with Gasteiger partial charge in [-0.05, 0) is 43.4 Å². The molecule has 3 nitrogen and oxygen atoms in total. The Kier molecular flexibility index (Phi) is 4.29. The Hall–Kier alpha value is -1.75. The molecule has 0 radical (unpaired) electrons. The highest BCUT2D eigenvalue weighted by atomic mass is 19.2. The zero-order valence-electron chi connectivity index (χ0n) is 11.8. The van der Waals surface area contributed by atoms with Gasteiger partial charge in [0.15, 0.2) is 11.6 Å². The molecule has 112 valence electrons. The van der Waals surface area contributed by atoms with Gasteiger partial charge >= 0.3 is 0 Å². The second-order valence-corrected chi connectivity index (χ2v) is 5.44. The zero-order valence-corrected chi connectivity index (χ0v) is 11.8. The van der Waals surface area contributed by atoms with Gasteiger partial charge in [-0.25, -0.2) is 13.8 Å². The molecule has 1 aliphatic heterocycles. The Morgan fingerprint density at radius 2 is 2.19 bits per heavy atom. The van der Waals surface area contributed by atoms with E-state index in [2.05, 4.69) is 4.98 Å². The van der Waals surface area contributed by atoms with Crippen LogP contribution in [0.5, 0.6) is 0 Å². The Balaban J connectivity index is 1.72. The van der Waals surface area contributed by atoms with Crippen LogP contribution in [0.3, 0.4) is 0 Å². The number of halogens is 2. The Bertz CT molecular complexity index is 606. The maximum absolute atomic E-state index is 13.4. The van der Waals surface area contributed by atoms with Crippen LogP contribution in [0.15, 0.2) is 30.6 Å². The molecular formula is C16H18F2N2O. The van der Waals surface area contributed by atoms with E-state index >= 15 is 0 Å². The van der Waals surface area contributed by atoms with Gasteiger partial charge in [0.05, 0.1) is 0 Å². The minimum absolute atomic E-state index is 0.568. The first-order valence-electron chi connectivity index (χ1n) is 7.28. The van der Waals surface area contributed by atoms with Crippen molar-refractivity contribution in [1.82, 2.24) is 9.55 Å². The normalized spacial score (nSPS) is 18.9. The molecule has 0 saturated carbocycles. The number of ether oxygens (including phenoxy) is 1. The lowest BCUT2D eigenvalue weighted by molar-refractivity contribution is 0.0501. The average molecular weight is 292 g/mol. The number of aromatic nitrogens is 2. The second kappa shape index (κ2) is 6.35. The van der Waals surface area contributed by atoms with E-state index in [1.807, 2.05) is 10.8 Å². The van der Waals surface area contributed by atoms with Gasteiger partial charge in [0.1, 0.15) is 5.82 Å². The second-order valence-electron chi connectivity index (χ2n) is 5.44. The molecule has 0 spiro atoms. The molecule has 5 heteroatoms. The van der Waals surface area contributed by atoms with Crippen molar-refractivity contribution in [3.8, 4) is 11.4 Å². The van der Waals surface area contributed by atoms with Crippen molar-refractivity contribution in [2.45, 2.75) is 25.8 Å². The standard InChI is InChI=1S/C16H18F2N2O/c17-14-4-3-13(10-15(14)18)16-19-6-8-20(16)7-5-12-2-1-9-21-11-12/h3-4,6,8,10,12H,1-2,5,7,9,11H2. The smallest absolute Gasteiger partial charge is 0.159 e. The maximum Gasteiger partial charge on any atom is 0.159 e. The first-order valence-corrected chi connectivity index (χ1v) is 7.28. The summed E-state index contributed by atoms with van der Waals surface area (Å²) in [5, 5.41) is 0. The van der Waals surface area contributed by atoms with Crippen molar-refractivity contribution in [1.29, 1.82) is 0 Å². The molecule has 2 heterocycles. The van der Waals surface area contributed by atoms with Gasteiger partial charge in [-0.1, -0.05) is 0 Å². The molecule has 1 aliphatic rings. The Labute approximate surface area is 122 Å². The first kappa shape index (κ1) is 14.2. The van der Waals surface area contributed by atoms with Crippen LogP contribution in [0.2, 0.25) is 0 Å². The van der Waals surface area contributed by atoms with Gasteiger partial charge in [0.25, 0.3) is 0 Å². The van der Waals surface area contributed by atoms with E-state index in [4.69, 9.17) is 4.74 Å². The van der Waals surface area contributed by atoms with Crippen LogP contribution < -0.4 is 0 Å². The number of rotatable bonds is 4. The molecule has 1 unspecified atom stereocenters. The van der Waals surface area contributed by atoms with E-state index in [1.165, 1.54) is 12.5 Å². The van der Waals surface area contributed by atoms with Crippen molar-refractivity contribution in [2.24, 2.45) is 5.92 Å². The van der Waals surface area contributed by atoms with E-state index < -0.39 is 11.6 Å². The number of hydrogen-bond acceptors (Lipinski definition) is 2. The van der Waals surface area contributed by atoms with Crippen LogP contribution in [0.4, 0.5) is 8.78 Å². The molecule has 0 amide bonds. The van der Waals surface area contributed by atoms with Crippen LogP contribution in [-0.4, -0.2) is 22.8 Å². The number of benzene rings is 1. The molecule has 1 saturated heterocycles. The van der Waals surface area contributed by atoms with Crippen molar-refractivity contribution in [2.75, 3.05) is 13.2 Å². The van der Waals surface area contributed by atoms with E-state index in [-0.39, 0.29) is 0 Å². The summed E-state index contributed by atoms with van der Waals surface area (Å²) in [5.74, 6) is -0.441. The fourth-order valence-corrected chi connectivity index (χ4v) is 2.74. The third-order valence-corrected chi connectivity index (χ3v) is 3.93. The van der Waals surface area contributed by atoms with E-state index in [0.717, 1.165) is 38.7 Å². The van der Waals surface area contributed by atoms with Crippen LogP contribution >= 0.6 is 0 Å². The summed E-state index contributed by atoms with van der Waals surface area (Å²) in [6, 6.07) is 3.89. The third-order valence-electron chi connectivity index (χ3n) is 3.93. The van der Waals surface area contributed by atoms with Crippen molar-refractivity contribution in [3.63, 3.8) is 0 Å². The minimum atomic E-state index is -0.845. The topological polar surface area (TPSA) is 27.1 Å². The highest BCUT2D eigenvalue weighted by Gasteiger charge is 2.15. The molecule has 0 bridgehead atoms. The predicted molar refractivity (Wildman–Crippen MR) is 75.7 cm³/mol. The summed E-state index contributed by atoms with van der Waals surface area (Å²) in [5.41, 5.74) is 0.596. The Morgan fingerprint density at radius 1 is 1.29 bits per heavy atom. The molecule has 2 aromatic rings. The third kappa shape index (κ3) is 3.29. The minimum Gasteiger partial charge on any atom is -0.381 e. The molecule has 0 aliphatic carbocycles. The van der Waals surface area contributed by atoms with Crippen LogP contribution in [0.1, 0.15) is 19.3 Å². The van der Waals surface area contributed by atoms with Gasteiger partial charge < -0.3 is 9.30 Å². The summed E-state index contributed by atoms with van der Waals surface area (Å²) in [6.07, 6.45) is 6.88. The van der Waals surface area contributed by atoms with Crippen LogP contribution in [0.25, 0.3) is 11.4 Å². The summed E-state index contributed by atoms with van der Waals surface area (Å²) >= 11 is 0. The highest BCUT2D eigenvalue weighted by Crippen LogP contribution is 2.22. The van der Waals surface area contributed by atoms with Gasteiger partial charge in [-0.3, -0.25) is 0 Å². The molecule has 21 heavy (non-hydrogen) atoms. The molecule has 0 N–H and O–H groups in total. The SMILES string of the molecule is Fc1ccc(-c2nccn2CCC2CCCOC2)cc1F. The van der Waals surface area contributed by atoms with Gasteiger partial charge in [-0.15, -0.1) is 0 Å². The lowest BCUT2D eigenvalue weighted by Crippen LogP contribution is -2.19. The molecule has 1 fully saturated rings. The average Bonchev–Trinajstić information content (AvgIpc) is 2.97. The fourth-order valence-electron chi connectivity index (χ4n) is 2.74. The monoisotopic (exact) mass is 292 g/mol. The fraction of sp³-hybridized carbons (Fsp3) is 0.438. The number of imidazole rings is 1. The summed E-state index contributed by atoms with van der Waals surface area (Å²) in [7, 11) is 0. The lowest BCUT2D eigenvalue weighted by Gasteiger charge is -2.22. The lowest BCUT2D eigenvalue weighted by atomic mass is 9.99. The number of aryl methyl sites for hydroxylation is 1. The van der Waals surface area contributed by atoms with Crippen LogP contribution in [0, 0.1) is 17.6 Å². The Morgan fingerprint density at radius 3 is 2.95 bits per heavy atom. The van der Waals surface area contributed by atoms with Gasteiger partial charge in [0.2, 0.25) is 0 Å². The van der Waals surface area contributed by atoms with E-state index in [1.54, 1.807) is 12.3 Å². The van der Waals surface area contributed by atoms with E-state index in [0.29, 0.717) is 17.3 Å². The summed E-state index contributed by atoms with van der Waals surface area (Å²) < 4.78 is 33.8. The molecule has 1 atom stereocenters. The van der Waals surface area contributed by atoms with Crippen LogP contribution in [-0.2, 0) is 11.3 Å². The number of nitrogens with zero attached hydrogens (tertiary/aromatic N) is 2. The number of hydrogen-bond donors (Lipinski definition) is 0. The van der Waals surface area contributed by atoms with Crippen molar-refractivity contribution in [3.05, 3.63) is 42.2 Å². The molecule has 3 rings (SSSR count). The van der Waals surface area contributed by atoms with Gasteiger partial charge in [-0.2, -0.15) is 0 Å². The quantitative estimate of drug-likeness (QED) is 0.860. The van der Waals surface area contributed by atoms with Crippen molar-refractivity contribution < 1.29 is 13.5 Å². The largest absolute Gasteiger partial charge is 0.381 e. The first-order chi connectivity index (χ1) is 10.2. The highest BCUT2D eigenvalue weighted by molar-refractivity contribution is 5.55. The van der Waals surface area contributed by atoms with E-state index in [9.17, 15) is 8.78 Å².